The van der Waals surface area contributed by atoms with Gasteiger partial charge in [0.1, 0.15) is 0 Å². The maximum Gasteiger partial charge on any atom is 0.306 e. The Morgan fingerprint density at radius 2 is 1.94 bits per heavy atom. The van der Waals surface area contributed by atoms with Crippen molar-refractivity contribution in [3.8, 4) is 0 Å². The molecule has 5 heteroatoms. The van der Waals surface area contributed by atoms with Crippen LogP contribution in [-0.2, 0) is 9.59 Å². The zero-order chi connectivity index (χ0) is 13.6. The van der Waals surface area contributed by atoms with Crippen LogP contribution in [-0.4, -0.2) is 30.1 Å². The minimum Gasteiger partial charge on any atom is -0.481 e. The topological polar surface area (TPSA) is 92.4 Å². The van der Waals surface area contributed by atoms with Crippen LogP contribution < -0.4 is 11.1 Å². The lowest BCUT2D eigenvalue weighted by Gasteiger charge is -2.34. The zero-order valence-corrected chi connectivity index (χ0v) is 11.1. The molecular formula is C13H24N2O3. The number of amides is 1. The second-order valence-corrected chi connectivity index (χ2v) is 5.33. The lowest BCUT2D eigenvalue weighted by molar-refractivity contribution is -0.141. The molecule has 1 fully saturated rings. The predicted octanol–water partition coefficient (Wildman–Crippen LogP) is 1.12. The first-order chi connectivity index (χ1) is 8.52. The zero-order valence-electron chi connectivity index (χ0n) is 11.1. The standard InChI is InChI=1S/C13H24N2O3/c1-10(11(16)17)5-8-15-12(18)13(9-14)6-3-2-4-7-13/h10H,2-9,14H2,1H3,(H,15,18)(H,16,17). The van der Waals surface area contributed by atoms with Crippen molar-refractivity contribution in [1.82, 2.24) is 5.32 Å². The average Bonchev–Trinajstić information content (AvgIpc) is 2.39. The molecule has 0 spiro atoms. The van der Waals surface area contributed by atoms with Crippen LogP contribution in [0.2, 0.25) is 0 Å². The first-order valence-corrected chi connectivity index (χ1v) is 6.73. The Morgan fingerprint density at radius 1 is 1.33 bits per heavy atom. The largest absolute Gasteiger partial charge is 0.481 e. The fourth-order valence-corrected chi connectivity index (χ4v) is 2.47. The molecule has 1 rings (SSSR count). The third-order valence-electron chi connectivity index (χ3n) is 3.97. The summed E-state index contributed by atoms with van der Waals surface area (Å²) in [5, 5.41) is 11.6. The van der Waals surface area contributed by atoms with Gasteiger partial charge >= 0.3 is 5.97 Å². The van der Waals surface area contributed by atoms with E-state index in [0.29, 0.717) is 19.5 Å². The van der Waals surface area contributed by atoms with E-state index in [0.717, 1.165) is 25.7 Å². The first-order valence-electron chi connectivity index (χ1n) is 6.73. The summed E-state index contributed by atoms with van der Waals surface area (Å²) in [4.78, 5) is 22.8. The summed E-state index contributed by atoms with van der Waals surface area (Å²) in [6, 6.07) is 0. The fourth-order valence-electron chi connectivity index (χ4n) is 2.47. The third kappa shape index (κ3) is 3.70. The van der Waals surface area contributed by atoms with Gasteiger partial charge in [0.15, 0.2) is 0 Å². The molecule has 1 saturated carbocycles. The number of carboxylic acid groups (broad SMARTS) is 1. The molecule has 1 aliphatic carbocycles. The lowest BCUT2D eigenvalue weighted by atomic mass is 9.73. The van der Waals surface area contributed by atoms with E-state index in [9.17, 15) is 9.59 Å². The van der Waals surface area contributed by atoms with E-state index in [1.807, 2.05) is 0 Å². The Hall–Kier alpha value is -1.10. The molecule has 5 nitrogen and oxygen atoms in total. The molecular weight excluding hydrogens is 232 g/mol. The highest BCUT2D eigenvalue weighted by atomic mass is 16.4. The van der Waals surface area contributed by atoms with Crippen LogP contribution in [0.5, 0.6) is 0 Å². The molecule has 1 atom stereocenters. The molecule has 0 aromatic carbocycles. The van der Waals surface area contributed by atoms with E-state index < -0.39 is 17.3 Å². The van der Waals surface area contributed by atoms with Gasteiger partial charge in [0, 0.05) is 13.1 Å². The van der Waals surface area contributed by atoms with Gasteiger partial charge < -0.3 is 16.2 Å². The van der Waals surface area contributed by atoms with Crippen molar-refractivity contribution in [2.24, 2.45) is 17.1 Å². The van der Waals surface area contributed by atoms with Crippen LogP contribution in [0, 0.1) is 11.3 Å². The van der Waals surface area contributed by atoms with Crippen molar-refractivity contribution in [2.75, 3.05) is 13.1 Å². The molecule has 1 amide bonds. The van der Waals surface area contributed by atoms with Crippen LogP contribution in [0.3, 0.4) is 0 Å². The highest BCUT2D eigenvalue weighted by Crippen LogP contribution is 2.35. The summed E-state index contributed by atoms with van der Waals surface area (Å²) < 4.78 is 0. The Labute approximate surface area is 108 Å². The normalized spacial score (nSPS) is 20.1. The predicted molar refractivity (Wildman–Crippen MR) is 69.0 cm³/mol. The second kappa shape index (κ2) is 6.73. The van der Waals surface area contributed by atoms with Gasteiger partial charge in [0.05, 0.1) is 11.3 Å². The Kier molecular flexibility index (Phi) is 5.59. The first kappa shape index (κ1) is 15.0. The Balaban J connectivity index is 2.41. The van der Waals surface area contributed by atoms with Crippen LogP contribution in [0.4, 0.5) is 0 Å². The third-order valence-corrected chi connectivity index (χ3v) is 3.97. The molecule has 0 aromatic rings. The van der Waals surface area contributed by atoms with E-state index >= 15 is 0 Å². The number of rotatable bonds is 6. The Morgan fingerprint density at radius 3 is 2.44 bits per heavy atom. The van der Waals surface area contributed by atoms with Gasteiger partial charge in [-0.3, -0.25) is 9.59 Å². The molecule has 0 aliphatic heterocycles. The number of nitrogens with one attached hydrogen (secondary N) is 1. The number of hydrogen-bond acceptors (Lipinski definition) is 3. The van der Waals surface area contributed by atoms with E-state index in [2.05, 4.69) is 5.32 Å². The van der Waals surface area contributed by atoms with Gasteiger partial charge in [-0.15, -0.1) is 0 Å². The molecule has 0 saturated heterocycles. The molecule has 104 valence electrons. The van der Waals surface area contributed by atoms with E-state index in [-0.39, 0.29) is 5.91 Å². The molecule has 0 radical (unpaired) electrons. The van der Waals surface area contributed by atoms with Crippen LogP contribution in [0.15, 0.2) is 0 Å². The SMILES string of the molecule is CC(CCNC(=O)C1(CN)CCCCC1)C(=O)O. The van der Waals surface area contributed by atoms with Crippen molar-refractivity contribution >= 4 is 11.9 Å². The van der Waals surface area contributed by atoms with Gasteiger partial charge in [-0.1, -0.05) is 26.2 Å². The molecule has 18 heavy (non-hydrogen) atoms. The van der Waals surface area contributed by atoms with Crippen LogP contribution >= 0.6 is 0 Å². The van der Waals surface area contributed by atoms with Crippen molar-refractivity contribution < 1.29 is 14.7 Å². The second-order valence-electron chi connectivity index (χ2n) is 5.33. The van der Waals surface area contributed by atoms with E-state index in [1.165, 1.54) is 6.42 Å². The highest BCUT2D eigenvalue weighted by Gasteiger charge is 2.37. The summed E-state index contributed by atoms with van der Waals surface area (Å²) in [6.45, 7) is 2.44. The summed E-state index contributed by atoms with van der Waals surface area (Å²) in [6.07, 6.45) is 5.44. The summed E-state index contributed by atoms with van der Waals surface area (Å²) in [5.41, 5.74) is 5.35. The van der Waals surface area contributed by atoms with E-state index in [4.69, 9.17) is 10.8 Å². The number of carbonyl (C=O) groups is 2. The van der Waals surface area contributed by atoms with Crippen LogP contribution in [0.1, 0.15) is 45.4 Å². The van der Waals surface area contributed by atoms with Crippen molar-refractivity contribution in [3.63, 3.8) is 0 Å². The lowest BCUT2D eigenvalue weighted by Crippen LogP contribution is -2.47. The maximum absolute atomic E-state index is 12.2. The summed E-state index contributed by atoms with van der Waals surface area (Å²) in [7, 11) is 0. The number of hydrogen-bond donors (Lipinski definition) is 3. The molecule has 1 unspecified atom stereocenters. The van der Waals surface area contributed by atoms with Gasteiger partial charge in [-0.25, -0.2) is 0 Å². The molecule has 0 aromatic heterocycles. The number of aliphatic carboxylic acids is 1. The van der Waals surface area contributed by atoms with Crippen molar-refractivity contribution in [1.29, 1.82) is 0 Å². The van der Waals surface area contributed by atoms with Crippen molar-refractivity contribution in [2.45, 2.75) is 45.4 Å². The maximum atomic E-state index is 12.2. The monoisotopic (exact) mass is 256 g/mol. The summed E-state index contributed by atoms with van der Waals surface area (Å²) in [5.74, 6) is -1.25. The number of carboxylic acids is 1. The van der Waals surface area contributed by atoms with Gasteiger partial charge in [-0.05, 0) is 19.3 Å². The number of nitrogens with two attached hydrogens (primary N) is 1. The molecule has 0 heterocycles. The summed E-state index contributed by atoms with van der Waals surface area (Å²) >= 11 is 0. The number of carbonyl (C=O) groups excluding carboxylic acids is 1. The van der Waals surface area contributed by atoms with Crippen molar-refractivity contribution in [3.05, 3.63) is 0 Å². The fraction of sp³-hybridized carbons (Fsp3) is 0.846. The molecule has 0 bridgehead atoms. The van der Waals surface area contributed by atoms with E-state index in [1.54, 1.807) is 6.92 Å². The Bertz CT molecular complexity index is 299. The van der Waals surface area contributed by atoms with Gasteiger partial charge in [-0.2, -0.15) is 0 Å². The van der Waals surface area contributed by atoms with Crippen LogP contribution in [0.25, 0.3) is 0 Å². The minimum atomic E-state index is -0.824. The smallest absolute Gasteiger partial charge is 0.306 e. The average molecular weight is 256 g/mol. The highest BCUT2D eigenvalue weighted by molar-refractivity contribution is 5.83. The minimum absolute atomic E-state index is 0.00212. The van der Waals surface area contributed by atoms with Gasteiger partial charge in [0.25, 0.3) is 0 Å². The quantitative estimate of drug-likeness (QED) is 0.664. The molecule has 4 N–H and O–H groups in total. The molecule has 1 aliphatic rings. The van der Waals surface area contributed by atoms with Gasteiger partial charge in [0.2, 0.25) is 5.91 Å².